The summed E-state index contributed by atoms with van der Waals surface area (Å²) in [5, 5.41) is 4.18. The molecular weight excluding hydrogens is 268 g/mol. The molecule has 3 N–H and O–H groups in total. The van der Waals surface area contributed by atoms with Gasteiger partial charge < -0.3 is 0 Å². The van der Waals surface area contributed by atoms with E-state index in [4.69, 9.17) is 5.84 Å². The van der Waals surface area contributed by atoms with Gasteiger partial charge in [-0.3, -0.25) is 16.0 Å². The zero-order chi connectivity index (χ0) is 14.4. The molecular formula is C15H22N4S. The summed E-state index contributed by atoms with van der Waals surface area (Å²) in [7, 11) is 1.97. The third-order valence-electron chi connectivity index (χ3n) is 3.38. The first-order valence-corrected chi connectivity index (χ1v) is 7.80. The number of nitrogens with zero attached hydrogens (tertiary/aromatic N) is 2. The molecule has 0 amide bonds. The van der Waals surface area contributed by atoms with Gasteiger partial charge in [-0.2, -0.15) is 5.10 Å². The summed E-state index contributed by atoms with van der Waals surface area (Å²) in [6.07, 6.45) is 3.83. The van der Waals surface area contributed by atoms with Crippen LogP contribution >= 0.6 is 11.8 Å². The molecule has 0 radical (unpaired) electrons. The Morgan fingerprint density at radius 2 is 2.05 bits per heavy atom. The third kappa shape index (κ3) is 4.37. The van der Waals surface area contributed by atoms with Gasteiger partial charge in [0.05, 0.1) is 0 Å². The molecule has 1 unspecified atom stereocenters. The standard InChI is InChI=1S/C15H22N4S/c1-12-3-7-15(8-4-12)20-11-13(18-16)5-6-14-9-10-17-19(14)2/h3-4,7-10,13,18H,5-6,11,16H2,1-2H3. The topological polar surface area (TPSA) is 55.9 Å². The fourth-order valence-electron chi connectivity index (χ4n) is 2.01. The molecule has 4 nitrogen and oxygen atoms in total. The monoisotopic (exact) mass is 290 g/mol. The van der Waals surface area contributed by atoms with E-state index < -0.39 is 0 Å². The lowest BCUT2D eigenvalue weighted by atomic mass is 10.1. The van der Waals surface area contributed by atoms with Crippen molar-refractivity contribution >= 4 is 11.8 Å². The highest BCUT2D eigenvalue weighted by Crippen LogP contribution is 2.20. The van der Waals surface area contributed by atoms with Crippen LogP contribution < -0.4 is 11.3 Å². The zero-order valence-electron chi connectivity index (χ0n) is 12.0. The second-order valence-corrected chi connectivity index (χ2v) is 6.07. The maximum absolute atomic E-state index is 5.65. The average Bonchev–Trinajstić information content (AvgIpc) is 2.86. The summed E-state index contributed by atoms with van der Waals surface area (Å²) in [5.41, 5.74) is 5.45. The normalized spacial score (nSPS) is 12.6. The van der Waals surface area contributed by atoms with Crippen molar-refractivity contribution in [2.45, 2.75) is 30.7 Å². The molecule has 0 fully saturated rings. The van der Waals surface area contributed by atoms with Gasteiger partial charge in [0.1, 0.15) is 0 Å². The van der Waals surface area contributed by atoms with Gasteiger partial charge in [-0.1, -0.05) is 17.7 Å². The summed E-state index contributed by atoms with van der Waals surface area (Å²) in [6.45, 7) is 2.10. The first-order valence-electron chi connectivity index (χ1n) is 6.81. The number of nitrogens with one attached hydrogen (secondary N) is 1. The van der Waals surface area contributed by atoms with Gasteiger partial charge in [0.2, 0.25) is 0 Å². The molecule has 0 aliphatic heterocycles. The van der Waals surface area contributed by atoms with Crippen molar-refractivity contribution in [3.63, 3.8) is 0 Å². The fraction of sp³-hybridized carbons (Fsp3) is 0.400. The first kappa shape index (κ1) is 15.1. The molecule has 0 saturated heterocycles. The van der Waals surface area contributed by atoms with Crippen LogP contribution in [0.5, 0.6) is 0 Å². The Balaban J connectivity index is 1.80. The highest BCUT2D eigenvalue weighted by molar-refractivity contribution is 7.99. The number of aromatic nitrogens is 2. The Labute approximate surface area is 124 Å². The number of rotatable bonds is 7. The van der Waals surface area contributed by atoms with E-state index in [0.717, 1.165) is 18.6 Å². The van der Waals surface area contributed by atoms with Crippen LogP contribution in [0.25, 0.3) is 0 Å². The molecule has 1 aromatic heterocycles. The molecule has 0 aliphatic rings. The number of aryl methyl sites for hydroxylation is 3. The van der Waals surface area contributed by atoms with Gasteiger partial charge in [0.15, 0.2) is 0 Å². The molecule has 0 saturated carbocycles. The van der Waals surface area contributed by atoms with Crippen LogP contribution in [-0.2, 0) is 13.5 Å². The van der Waals surface area contributed by atoms with E-state index in [2.05, 4.69) is 47.8 Å². The van der Waals surface area contributed by atoms with Crippen LogP contribution in [0.1, 0.15) is 17.7 Å². The van der Waals surface area contributed by atoms with Crippen molar-refractivity contribution in [3.05, 3.63) is 47.8 Å². The number of hydrogen-bond acceptors (Lipinski definition) is 4. The zero-order valence-corrected chi connectivity index (χ0v) is 12.9. The Bertz CT molecular complexity index is 521. The second-order valence-electron chi connectivity index (χ2n) is 4.97. The number of benzene rings is 1. The number of nitrogens with two attached hydrogens (primary N) is 1. The Morgan fingerprint density at radius 3 is 2.65 bits per heavy atom. The van der Waals surface area contributed by atoms with Crippen molar-refractivity contribution in [2.24, 2.45) is 12.9 Å². The average molecular weight is 290 g/mol. The maximum atomic E-state index is 5.65. The third-order valence-corrected chi connectivity index (χ3v) is 4.55. The SMILES string of the molecule is Cc1ccc(SCC(CCc2ccnn2C)NN)cc1. The molecule has 5 heteroatoms. The molecule has 1 aromatic carbocycles. The van der Waals surface area contributed by atoms with Crippen LogP contribution in [0.2, 0.25) is 0 Å². The van der Waals surface area contributed by atoms with Crippen LogP contribution in [0.4, 0.5) is 0 Å². The predicted octanol–water partition coefficient (Wildman–Crippen LogP) is 2.29. The van der Waals surface area contributed by atoms with E-state index in [0.29, 0.717) is 6.04 Å². The Kier molecular flexibility index (Phi) is 5.64. The molecule has 0 aliphatic carbocycles. The van der Waals surface area contributed by atoms with Gasteiger partial charge in [0, 0.05) is 35.6 Å². The maximum Gasteiger partial charge on any atom is 0.0492 e. The summed E-state index contributed by atoms with van der Waals surface area (Å²) >= 11 is 1.84. The summed E-state index contributed by atoms with van der Waals surface area (Å²) < 4.78 is 1.92. The summed E-state index contributed by atoms with van der Waals surface area (Å²) in [5.74, 6) is 6.62. The predicted molar refractivity (Wildman–Crippen MR) is 84.5 cm³/mol. The largest absolute Gasteiger partial charge is 0.273 e. The smallest absolute Gasteiger partial charge is 0.0492 e. The molecule has 108 valence electrons. The Morgan fingerprint density at radius 1 is 1.30 bits per heavy atom. The molecule has 2 aromatic rings. The summed E-state index contributed by atoms with van der Waals surface area (Å²) in [6, 6.07) is 11.0. The van der Waals surface area contributed by atoms with Gasteiger partial charge in [-0.25, -0.2) is 0 Å². The minimum Gasteiger partial charge on any atom is -0.273 e. The van der Waals surface area contributed by atoms with Gasteiger partial charge in [-0.15, -0.1) is 11.8 Å². The minimum atomic E-state index is 0.302. The van der Waals surface area contributed by atoms with Crippen LogP contribution in [0.3, 0.4) is 0 Å². The van der Waals surface area contributed by atoms with E-state index in [1.165, 1.54) is 16.2 Å². The summed E-state index contributed by atoms with van der Waals surface area (Å²) in [4.78, 5) is 1.29. The van der Waals surface area contributed by atoms with Crippen LogP contribution in [-0.4, -0.2) is 21.6 Å². The molecule has 1 heterocycles. The van der Waals surface area contributed by atoms with Crippen LogP contribution in [0, 0.1) is 6.92 Å². The minimum absolute atomic E-state index is 0.302. The lowest BCUT2D eigenvalue weighted by molar-refractivity contribution is 0.528. The van der Waals surface area contributed by atoms with E-state index >= 15 is 0 Å². The fourth-order valence-corrected chi connectivity index (χ4v) is 3.00. The number of hydrogen-bond donors (Lipinski definition) is 2. The van der Waals surface area contributed by atoms with Crippen molar-refractivity contribution < 1.29 is 0 Å². The van der Waals surface area contributed by atoms with Gasteiger partial charge >= 0.3 is 0 Å². The molecule has 0 bridgehead atoms. The molecule has 0 spiro atoms. The van der Waals surface area contributed by atoms with Gasteiger partial charge in [-0.05, 0) is 38.0 Å². The highest BCUT2D eigenvalue weighted by Gasteiger charge is 2.09. The molecule has 20 heavy (non-hydrogen) atoms. The number of hydrazine groups is 1. The Hall–Kier alpha value is -1.30. The van der Waals surface area contributed by atoms with Crippen molar-refractivity contribution in [1.29, 1.82) is 0 Å². The lowest BCUT2D eigenvalue weighted by Crippen LogP contribution is -2.37. The first-order chi connectivity index (χ1) is 9.69. The van der Waals surface area contributed by atoms with E-state index in [1.807, 2.05) is 29.7 Å². The van der Waals surface area contributed by atoms with E-state index in [9.17, 15) is 0 Å². The lowest BCUT2D eigenvalue weighted by Gasteiger charge is -2.15. The van der Waals surface area contributed by atoms with E-state index in [-0.39, 0.29) is 0 Å². The van der Waals surface area contributed by atoms with Gasteiger partial charge in [0.25, 0.3) is 0 Å². The van der Waals surface area contributed by atoms with Crippen molar-refractivity contribution in [1.82, 2.24) is 15.2 Å². The second kappa shape index (κ2) is 7.47. The van der Waals surface area contributed by atoms with Crippen LogP contribution in [0.15, 0.2) is 41.4 Å². The quantitative estimate of drug-likeness (QED) is 0.467. The molecule has 1 atom stereocenters. The van der Waals surface area contributed by atoms with Crippen molar-refractivity contribution in [2.75, 3.05) is 5.75 Å². The highest BCUT2D eigenvalue weighted by atomic mass is 32.2. The molecule has 2 rings (SSSR count). The van der Waals surface area contributed by atoms with E-state index in [1.54, 1.807) is 0 Å². The number of thioether (sulfide) groups is 1. The van der Waals surface area contributed by atoms with Crippen molar-refractivity contribution in [3.8, 4) is 0 Å².